The topological polar surface area (TPSA) is 89.4 Å². The number of aryl methyl sites for hydroxylation is 2. The molecular formula is C17H21N3O4S. The highest BCUT2D eigenvalue weighted by Gasteiger charge is 2.23. The fraction of sp³-hybridized carbons (Fsp3) is 0.353. The molecule has 0 fully saturated rings. The molecule has 134 valence electrons. The molecule has 7 nitrogen and oxygen atoms in total. The zero-order chi connectivity index (χ0) is 18.7. The lowest BCUT2D eigenvalue weighted by Gasteiger charge is -2.08. The lowest BCUT2D eigenvalue weighted by Crippen LogP contribution is -2.35. The van der Waals surface area contributed by atoms with Gasteiger partial charge in [-0.3, -0.25) is 9.59 Å². The van der Waals surface area contributed by atoms with E-state index in [2.05, 4.69) is 10.6 Å². The second kappa shape index (κ2) is 7.52. The standard InChI is InChI=1S/C17H21N3O4S/c1-9-6-7-12(20(9)4)8-18-14(21)15(22)19-16-13(17(23)24-5)10(2)11(3)25-16/h6-7H,8H2,1-5H3,(H,18,21)(H,19,22). The van der Waals surface area contributed by atoms with Crippen LogP contribution in [0.5, 0.6) is 0 Å². The van der Waals surface area contributed by atoms with Gasteiger partial charge in [-0.1, -0.05) is 0 Å². The molecule has 25 heavy (non-hydrogen) atoms. The number of methoxy groups -OCH3 is 1. The van der Waals surface area contributed by atoms with E-state index < -0.39 is 17.8 Å². The number of carbonyl (C=O) groups is 3. The molecular weight excluding hydrogens is 342 g/mol. The zero-order valence-electron chi connectivity index (χ0n) is 14.9. The van der Waals surface area contributed by atoms with E-state index in [1.807, 2.05) is 37.6 Å². The molecule has 0 bridgehead atoms. The maximum absolute atomic E-state index is 12.1. The van der Waals surface area contributed by atoms with Crippen LogP contribution in [-0.2, 0) is 27.9 Å². The maximum Gasteiger partial charge on any atom is 0.341 e. The largest absolute Gasteiger partial charge is 0.465 e. The second-order valence-corrected chi connectivity index (χ2v) is 6.87. The number of hydrogen-bond acceptors (Lipinski definition) is 5. The van der Waals surface area contributed by atoms with Gasteiger partial charge in [0.05, 0.1) is 19.2 Å². The fourth-order valence-corrected chi connectivity index (χ4v) is 3.36. The summed E-state index contributed by atoms with van der Waals surface area (Å²) in [4.78, 5) is 36.9. The zero-order valence-corrected chi connectivity index (χ0v) is 15.7. The Kier molecular flexibility index (Phi) is 5.63. The van der Waals surface area contributed by atoms with E-state index >= 15 is 0 Å². The van der Waals surface area contributed by atoms with Gasteiger partial charge in [0, 0.05) is 23.3 Å². The van der Waals surface area contributed by atoms with E-state index in [0.717, 1.165) is 21.8 Å². The van der Waals surface area contributed by atoms with Crippen LogP contribution in [0.2, 0.25) is 0 Å². The van der Waals surface area contributed by atoms with Gasteiger partial charge in [-0.2, -0.15) is 0 Å². The van der Waals surface area contributed by atoms with Crippen molar-refractivity contribution in [3.63, 3.8) is 0 Å². The lowest BCUT2D eigenvalue weighted by atomic mass is 10.1. The summed E-state index contributed by atoms with van der Waals surface area (Å²) in [5.41, 5.74) is 2.95. The van der Waals surface area contributed by atoms with Crippen LogP contribution >= 0.6 is 11.3 Å². The first-order valence-electron chi connectivity index (χ1n) is 7.65. The Labute approximate surface area is 150 Å². The number of esters is 1. The van der Waals surface area contributed by atoms with Crippen LogP contribution in [0.4, 0.5) is 5.00 Å². The monoisotopic (exact) mass is 363 g/mol. The summed E-state index contributed by atoms with van der Waals surface area (Å²) in [7, 11) is 3.16. The van der Waals surface area contributed by atoms with Crippen molar-refractivity contribution in [3.05, 3.63) is 39.5 Å². The number of aromatic nitrogens is 1. The van der Waals surface area contributed by atoms with Crippen molar-refractivity contribution >= 4 is 34.1 Å². The second-order valence-electron chi connectivity index (χ2n) is 5.64. The van der Waals surface area contributed by atoms with E-state index in [1.54, 1.807) is 6.92 Å². The van der Waals surface area contributed by atoms with Crippen LogP contribution < -0.4 is 10.6 Å². The Morgan fingerprint density at radius 1 is 1.16 bits per heavy atom. The number of amides is 2. The van der Waals surface area contributed by atoms with Crippen molar-refractivity contribution < 1.29 is 19.1 Å². The van der Waals surface area contributed by atoms with Gasteiger partial charge in [0.1, 0.15) is 5.00 Å². The molecule has 0 saturated heterocycles. The van der Waals surface area contributed by atoms with Crippen LogP contribution in [-0.4, -0.2) is 29.5 Å². The summed E-state index contributed by atoms with van der Waals surface area (Å²) < 4.78 is 6.68. The predicted molar refractivity (Wildman–Crippen MR) is 95.8 cm³/mol. The number of nitrogens with one attached hydrogen (secondary N) is 2. The third-order valence-corrected chi connectivity index (χ3v) is 5.24. The SMILES string of the molecule is COC(=O)c1c(NC(=O)C(=O)NCc2ccc(C)n2C)sc(C)c1C. The third kappa shape index (κ3) is 3.90. The van der Waals surface area contributed by atoms with E-state index in [1.165, 1.54) is 18.4 Å². The highest BCUT2D eigenvalue weighted by Crippen LogP contribution is 2.32. The number of ether oxygens (including phenoxy) is 1. The molecule has 2 aromatic heterocycles. The molecule has 2 aromatic rings. The number of carbonyl (C=O) groups excluding carboxylic acids is 3. The summed E-state index contributed by atoms with van der Waals surface area (Å²) in [5.74, 6) is -2.13. The molecule has 0 atom stereocenters. The van der Waals surface area contributed by atoms with Crippen molar-refractivity contribution in [3.8, 4) is 0 Å². The van der Waals surface area contributed by atoms with E-state index in [-0.39, 0.29) is 12.1 Å². The highest BCUT2D eigenvalue weighted by molar-refractivity contribution is 7.17. The summed E-state index contributed by atoms with van der Waals surface area (Å²) in [6.07, 6.45) is 0. The normalized spacial score (nSPS) is 10.4. The summed E-state index contributed by atoms with van der Waals surface area (Å²) in [5, 5.41) is 5.39. The number of hydrogen-bond donors (Lipinski definition) is 2. The molecule has 0 radical (unpaired) electrons. The Bertz CT molecular complexity index is 835. The van der Waals surface area contributed by atoms with Crippen molar-refractivity contribution in [2.45, 2.75) is 27.3 Å². The Morgan fingerprint density at radius 3 is 2.40 bits per heavy atom. The average molecular weight is 363 g/mol. The summed E-state index contributed by atoms with van der Waals surface area (Å²) >= 11 is 1.23. The van der Waals surface area contributed by atoms with Gasteiger partial charge in [-0.05, 0) is 38.5 Å². The first-order valence-corrected chi connectivity index (χ1v) is 8.46. The first-order chi connectivity index (χ1) is 11.8. The molecule has 0 aliphatic heterocycles. The average Bonchev–Trinajstić information content (AvgIpc) is 3.04. The number of anilines is 1. The van der Waals surface area contributed by atoms with Crippen molar-refractivity contribution in [2.24, 2.45) is 7.05 Å². The first kappa shape index (κ1) is 18.7. The quantitative estimate of drug-likeness (QED) is 0.643. The number of rotatable bonds is 4. The molecule has 2 amide bonds. The van der Waals surface area contributed by atoms with E-state index in [0.29, 0.717) is 5.00 Å². The molecule has 0 saturated carbocycles. The molecule has 0 aliphatic carbocycles. The van der Waals surface area contributed by atoms with Crippen LogP contribution in [0, 0.1) is 20.8 Å². The van der Waals surface area contributed by atoms with Gasteiger partial charge in [0.2, 0.25) is 0 Å². The van der Waals surface area contributed by atoms with Gasteiger partial charge < -0.3 is 19.9 Å². The Morgan fingerprint density at radius 2 is 1.84 bits per heavy atom. The highest BCUT2D eigenvalue weighted by atomic mass is 32.1. The fourth-order valence-electron chi connectivity index (χ4n) is 2.32. The van der Waals surface area contributed by atoms with Crippen molar-refractivity contribution in [1.29, 1.82) is 0 Å². The molecule has 0 unspecified atom stereocenters. The minimum Gasteiger partial charge on any atom is -0.465 e. The number of thiophene rings is 1. The van der Waals surface area contributed by atoms with Crippen LogP contribution in [0.15, 0.2) is 12.1 Å². The third-order valence-electron chi connectivity index (χ3n) is 4.11. The van der Waals surface area contributed by atoms with Gasteiger partial charge in [-0.15, -0.1) is 11.3 Å². The predicted octanol–water partition coefficient (Wildman–Crippen LogP) is 2.05. The molecule has 2 N–H and O–H groups in total. The van der Waals surface area contributed by atoms with E-state index in [4.69, 9.17) is 4.74 Å². The van der Waals surface area contributed by atoms with Crippen molar-refractivity contribution in [1.82, 2.24) is 9.88 Å². The summed E-state index contributed by atoms with van der Waals surface area (Å²) in [6, 6.07) is 3.82. The molecule has 2 rings (SSSR count). The molecule has 0 aliphatic rings. The van der Waals surface area contributed by atoms with Crippen molar-refractivity contribution in [2.75, 3.05) is 12.4 Å². The Hall–Kier alpha value is -2.61. The van der Waals surface area contributed by atoms with Gasteiger partial charge >= 0.3 is 17.8 Å². The van der Waals surface area contributed by atoms with Crippen LogP contribution in [0.3, 0.4) is 0 Å². The smallest absolute Gasteiger partial charge is 0.341 e. The molecule has 2 heterocycles. The minimum atomic E-state index is -0.822. The van der Waals surface area contributed by atoms with Gasteiger partial charge in [0.25, 0.3) is 0 Å². The molecule has 0 aromatic carbocycles. The minimum absolute atomic E-state index is 0.239. The lowest BCUT2D eigenvalue weighted by molar-refractivity contribution is -0.136. The molecule has 8 heteroatoms. The molecule has 0 spiro atoms. The number of nitrogens with zero attached hydrogens (tertiary/aromatic N) is 1. The summed E-state index contributed by atoms with van der Waals surface area (Å²) in [6.45, 7) is 5.79. The Balaban J connectivity index is 2.07. The van der Waals surface area contributed by atoms with Crippen LogP contribution in [0.1, 0.15) is 32.2 Å². The van der Waals surface area contributed by atoms with Gasteiger partial charge in [0.15, 0.2) is 0 Å². The van der Waals surface area contributed by atoms with Gasteiger partial charge in [-0.25, -0.2) is 4.79 Å². The van der Waals surface area contributed by atoms with E-state index in [9.17, 15) is 14.4 Å². The van der Waals surface area contributed by atoms with Crippen LogP contribution in [0.25, 0.3) is 0 Å². The maximum atomic E-state index is 12.1.